The first-order valence-electron chi connectivity index (χ1n) is 7.78. The third kappa shape index (κ3) is 4.20. The van der Waals surface area contributed by atoms with Crippen molar-refractivity contribution in [3.05, 3.63) is 29.6 Å². The molecule has 2 nitrogen and oxygen atoms in total. The highest BCUT2D eigenvalue weighted by atomic mass is 19.1. The standard InChI is InChI=1S/C17H26FNO/c1-3-4-13-5-8-15(9-6-13)19-12-14-7-10-17(20-2)16(18)11-14/h7,10-11,13,15,19H,3-6,8-9,12H2,1-2H3. The van der Waals surface area contributed by atoms with Crippen LogP contribution in [0.2, 0.25) is 0 Å². The molecule has 0 radical (unpaired) electrons. The largest absolute Gasteiger partial charge is 0.494 e. The van der Waals surface area contributed by atoms with Gasteiger partial charge in [0.05, 0.1) is 7.11 Å². The summed E-state index contributed by atoms with van der Waals surface area (Å²) in [7, 11) is 1.49. The molecule has 0 heterocycles. The molecule has 1 fully saturated rings. The van der Waals surface area contributed by atoms with Gasteiger partial charge in [0.15, 0.2) is 11.6 Å². The highest BCUT2D eigenvalue weighted by Gasteiger charge is 2.20. The number of halogens is 1. The molecule has 112 valence electrons. The van der Waals surface area contributed by atoms with Crippen molar-refractivity contribution >= 4 is 0 Å². The molecule has 0 amide bonds. The van der Waals surface area contributed by atoms with Crippen molar-refractivity contribution < 1.29 is 9.13 Å². The van der Waals surface area contributed by atoms with E-state index in [2.05, 4.69) is 12.2 Å². The van der Waals surface area contributed by atoms with Gasteiger partial charge < -0.3 is 10.1 Å². The maximum atomic E-state index is 13.6. The molecule has 1 saturated carbocycles. The van der Waals surface area contributed by atoms with Crippen molar-refractivity contribution in [2.24, 2.45) is 5.92 Å². The van der Waals surface area contributed by atoms with Crippen molar-refractivity contribution in [2.75, 3.05) is 7.11 Å². The Balaban J connectivity index is 1.77. The summed E-state index contributed by atoms with van der Waals surface area (Å²) in [5.41, 5.74) is 0.985. The summed E-state index contributed by atoms with van der Waals surface area (Å²) in [4.78, 5) is 0. The number of benzene rings is 1. The van der Waals surface area contributed by atoms with Crippen LogP contribution >= 0.6 is 0 Å². The number of nitrogens with one attached hydrogen (secondary N) is 1. The molecule has 1 aromatic rings. The van der Waals surface area contributed by atoms with E-state index in [9.17, 15) is 4.39 Å². The molecule has 1 N–H and O–H groups in total. The zero-order valence-corrected chi connectivity index (χ0v) is 12.6. The van der Waals surface area contributed by atoms with E-state index in [0.717, 1.165) is 18.0 Å². The number of rotatable bonds is 6. The van der Waals surface area contributed by atoms with Crippen LogP contribution < -0.4 is 10.1 Å². The lowest BCUT2D eigenvalue weighted by atomic mass is 9.83. The molecule has 1 aliphatic rings. The van der Waals surface area contributed by atoms with Gasteiger partial charge in [-0.2, -0.15) is 0 Å². The van der Waals surface area contributed by atoms with Crippen LogP contribution in [0.25, 0.3) is 0 Å². The summed E-state index contributed by atoms with van der Waals surface area (Å²) < 4.78 is 18.5. The predicted octanol–water partition coefficient (Wildman–Crippen LogP) is 4.28. The molecule has 1 aliphatic carbocycles. The predicted molar refractivity (Wildman–Crippen MR) is 80.4 cm³/mol. The fourth-order valence-corrected chi connectivity index (χ4v) is 3.15. The Morgan fingerprint density at radius 3 is 2.60 bits per heavy atom. The van der Waals surface area contributed by atoms with E-state index in [1.165, 1.54) is 45.6 Å². The molecule has 0 atom stereocenters. The average Bonchev–Trinajstić information content (AvgIpc) is 2.47. The van der Waals surface area contributed by atoms with Gasteiger partial charge in [-0.3, -0.25) is 0 Å². The van der Waals surface area contributed by atoms with Crippen LogP contribution in [0.3, 0.4) is 0 Å². The SMILES string of the molecule is CCCC1CCC(NCc2ccc(OC)c(F)c2)CC1. The van der Waals surface area contributed by atoms with Crippen LogP contribution in [0, 0.1) is 11.7 Å². The van der Waals surface area contributed by atoms with E-state index in [4.69, 9.17) is 4.74 Å². The molecule has 0 bridgehead atoms. The van der Waals surface area contributed by atoms with Gasteiger partial charge in [0, 0.05) is 12.6 Å². The molecule has 2 rings (SSSR count). The second-order valence-electron chi connectivity index (χ2n) is 5.86. The quantitative estimate of drug-likeness (QED) is 0.839. The maximum Gasteiger partial charge on any atom is 0.165 e. The average molecular weight is 279 g/mol. The number of hydrogen-bond acceptors (Lipinski definition) is 2. The summed E-state index contributed by atoms with van der Waals surface area (Å²) in [6.07, 6.45) is 7.85. The molecule has 0 saturated heterocycles. The van der Waals surface area contributed by atoms with Crippen LogP contribution in [-0.4, -0.2) is 13.2 Å². The summed E-state index contributed by atoms with van der Waals surface area (Å²) in [6, 6.07) is 5.78. The van der Waals surface area contributed by atoms with Gasteiger partial charge in [0.25, 0.3) is 0 Å². The van der Waals surface area contributed by atoms with E-state index in [1.54, 1.807) is 12.1 Å². The van der Waals surface area contributed by atoms with Gasteiger partial charge in [-0.1, -0.05) is 25.8 Å². The van der Waals surface area contributed by atoms with Crippen LogP contribution in [0.1, 0.15) is 51.0 Å². The van der Waals surface area contributed by atoms with Crippen LogP contribution in [0.5, 0.6) is 5.75 Å². The second-order valence-corrected chi connectivity index (χ2v) is 5.86. The minimum absolute atomic E-state index is 0.279. The van der Waals surface area contributed by atoms with Crippen LogP contribution in [-0.2, 0) is 6.54 Å². The maximum absolute atomic E-state index is 13.6. The molecule has 0 spiro atoms. The molecular weight excluding hydrogens is 253 g/mol. The normalized spacial score (nSPS) is 22.8. The lowest BCUT2D eigenvalue weighted by molar-refractivity contribution is 0.277. The summed E-state index contributed by atoms with van der Waals surface area (Å²) in [5, 5.41) is 3.56. The molecular formula is C17H26FNO. The van der Waals surface area contributed by atoms with Gasteiger partial charge in [0.2, 0.25) is 0 Å². The van der Waals surface area contributed by atoms with Crippen LogP contribution in [0.15, 0.2) is 18.2 Å². The van der Waals surface area contributed by atoms with Gasteiger partial charge >= 0.3 is 0 Å². The van der Waals surface area contributed by atoms with Gasteiger partial charge in [-0.15, -0.1) is 0 Å². The van der Waals surface area contributed by atoms with Crippen molar-refractivity contribution in [2.45, 2.75) is 58.0 Å². The van der Waals surface area contributed by atoms with Gasteiger partial charge in [-0.05, 0) is 49.3 Å². The Kier molecular flexibility index (Phi) is 5.84. The van der Waals surface area contributed by atoms with Gasteiger partial charge in [0.1, 0.15) is 0 Å². The molecule has 0 aliphatic heterocycles. The Morgan fingerprint density at radius 1 is 1.25 bits per heavy atom. The minimum atomic E-state index is -0.279. The van der Waals surface area contributed by atoms with E-state index >= 15 is 0 Å². The highest BCUT2D eigenvalue weighted by Crippen LogP contribution is 2.28. The first-order valence-corrected chi connectivity index (χ1v) is 7.78. The zero-order chi connectivity index (χ0) is 14.4. The second kappa shape index (κ2) is 7.63. The third-order valence-corrected chi connectivity index (χ3v) is 4.35. The molecule has 1 aromatic carbocycles. The van der Waals surface area contributed by atoms with Crippen molar-refractivity contribution in [3.8, 4) is 5.75 Å². The molecule has 3 heteroatoms. The minimum Gasteiger partial charge on any atom is -0.494 e. The zero-order valence-electron chi connectivity index (χ0n) is 12.6. The lowest BCUT2D eigenvalue weighted by Gasteiger charge is -2.29. The highest BCUT2D eigenvalue weighted by molar-refractivity contribution is 5.29. The van der Waals surface area contributed by atoms with Gasteiger partial charge in [-0.25, -0.2) is 4.39 Å². The topological polar surface area (TPSA) is 21.3 Å². The lowest BCUT2D eigenvalue weighted by Crippen LogP contribution is -2.32. The fraction of sp³-hybridized carbons (Fsp3) is 0.647. The Hall–Kier alpha value is -1.09. The Morgan fingerprint density at radius 2 is 2.00 bits per heavy atom. The monoisotopic (exact) mass is 279 g/mol. The van der Waals surface area contributed by atoms with E-state index < -0.39 is 0 Å². The molecule has 0 unspecified atom stereocenters. The van der Waals surface area contributed by atoms with E-state index in [0.29, 0.717) is 11.8 Å². The number of hydrogen-bond donors (Lipinski definition) is 1. The Bertz CT molecular complexity index is 413. The van der Waals surface area contributed by atoms with E-state index in [-0.39, 0.29) is 5.82 Å². The summed E-state index contributed by atoms with van der Waals surface area (Å²) >= 11 is 0. The Labute approximate surface area is 121 Å². The van der Waals surface area contributed by atoms with E-state index in [1.807, 2.05) is 6.07 Å². The molecule has 20 heavy (non-hydrogen) atoms. The third-order valence-electron chi connectivity index (χ3n) is 4.35. The summed E-state index contributed by atoms with van der Waals surface area (Å²) in [5.74, 6) is 0.962. The number of methoxy groups -OCH3 is 1. The first-order chi connectivity index (χ1) is 9.72. The van der Waals surface area contributed by atoms with Crippen LogP contribution in [0.4, 0.5) is 4.39 Å². The van der Waals surface area contributed by atoms with Crippen molar-refractivity contribution in [1.29, 1.82) is 0 Å². The number of ether oxygens (including phenoxy) is 1. The first kappa shape index (κ1) is 15.3. The van der Waals surface area contributed by atoms with Crippen molar-refractivity contribution in [3.63, 3.8) is 0 Å². The smallest absolute Gasteiger partial charge is 0.165 e. The fourth-order valence-electron chi connectivity index (χ4n) is 3.15. The summed E-state index contributed by atoms with van der Waals surface area (Å²) in [6.45, 7) is 3.01. The molecule has 0 aromatic heterocycles. The van der Waals surface area contributed by atoms with Crippen molar-refractivity contribution in [1.82, 2.24) is 5.32 Å².